The molecular weight excluding hydrogens is 237 g/mol. The molecule has 0 aromatic rings. The summed E-state index contributed by atoms with van der Waals surface area (Å²) in [4.78, 5) is 0. The molecule has 0 spiro atoms. The predicted molar refractivity (Wildman–Crippen MR) is 62.4 cm³/mol. The van der Waals surface area contributed by atoms with Crippen LogP contribution < -0.4 is 5.73 Å². The fourth-order valence-corrected chi connectivity index (χ4v) is 4.21. The first-order valence-corrected chi connectivity index (χ1v) is 8.11. The van der Waals surface area contributed by atoms with Crippen molar-refractivity contribution in [2.75, 3.05) is 25.1 Å². The van der Waals surface area contributed by atoms with Crippen LogP contribution in [-0.4, -0.2) is 34.7 Å². The largest absolute Gasteiger partial charge is 0.333 e. The summed E-state index contributed by atoms with van der Waals surface area (Å²) in [7, 11) is -4.34. The standard InChI is InChI=1S/C8H20NO4PS/c1-4-12-14(10,13-5-2)7-8(9)15(11)6-3/h8H,4-7,9H2,1-3H3/t8-,15-/m0/s1. The van der Waals surface area contributed by atoms with Crippen LogP contribution in [0.15, 0.2) is 0 Å². The van der Waals surface area contributed by atoms with E-state index in [0.29, 0.717) is 19.0 Å². The van der Waals surface area contributed by atoms with E-state index in [4.69, 9.17) is 14.8 Å². The quantitative estimate of drug-likeness (QED) is 0.663. The average molecular weight is 257 g/mol. The van der Waals surface area contributed by atoms with Crippen molar-refractivity contribution in [3.05, 3.63) is 0 Å². The van der Waals surface area contributed by atoms with E-state index in [0.717, 1.165) is 0 Å². The topological polar surface area (TPSA) is 78.6 Å². The maximum atomic E-state index is 12.0. The zero-order chi connectivity index (χ0) is 11.9. The molecule has 2 N–H and O–H groups in total. The van der Waals surface area contributed by atoms with Gasteiger partial charge in [-0.15, -0.1) is 0 Å². The second-order valence-electron chi connectivity index (χ2n) is 2.84. The summed E-state index contributed by atoms with van der Waals surface area (Å²) in [5, 5.41) is -0.654. The molecule has 0 radical (unpaired) electrons. The summed E-state index contributed by atoms with van der Waals surface area (Å²) in [6.45, 7) is 5.82. The van der Waals surface area contributed by atoms with E-state index in [1.54, 1.807) is 20.8 Å². The summed E-state index contributed by atoms with van der Waals surface area (Å²) >= 11 is 0. The van der Waals surface area contributed by atoms with E-state index in [2.05, 4.69) is 0 Å². The van der Waals surface area contributed by atoms with Crippen LogP contribution in [0, 0.1) is 0 Å². The zero-order valence-corrected chi connectivity index (χ0v) is 11.2. The molecule has 0 heterocycles. The summed E-state index contributed by atoms with van der Waals surface area (Å²) < 4.78 is 33.4. The Kier molecular flexibility index (Phi) is 7.65. The molecule has 0 bridgehead atoms. The Morgan fingerprint density at radius 3 is 2.07 bits per heavy atom. The summed E-state index contributed by atoms with van der Waals surface area (Å²) in [6, 6.07) is 0. The molecule has 0 aliphatic heterocycles. The lowest BCUT2D eigenvalue weighted by molar-refractivity contribution is 0.220. The summed E-state index contributed by atoms with van der Waals surface area (Å²) in [6.07, 6.45) is 0.00906. The highest BCUT2D eigenvalue weighted by atomic mass is 32.2. The Morgan fingerprint density at radius 1 is 1.27 bits per heavy atom. The van der Waals surface area contributed by atoms with Crippen molar-refractivity contribution < 1.29 is 17.8 Å². The molecule has 15 heavy (non-hydrogen) atoms. The van der Waals surface area contributed by atoms with Gasteiger partial charge < -0.3 is 14.8 Å². The molecule has 0 rings (SSSR count). The Bertz CT molecular complexity index is 239. The van der Waals surface area contributed by atoms with Crippen LogP contribution in [-0.2, 0) is 24.4 Å². The Balaban J connectivity index is 4.40. The van der Waals surface area contributed by atoms with Crippen LogP contribution in [0.5, 0.6) is 0 Å². The second-order valence-corrected chi connectivity index (χ2v) is 6.88. The van der Waals surface area contributed by atoms with E-state index in [1.807, 2.05) is 0 Å². The molecule has 92 valence electrons. The van der Waals surface area contributed by atoms with Gasteiger partial charge in [-0.1, -0.05) is 6.92 Å². The molecule has 0 amide bonds. The van der Waals surface area contributed by atoms with Crippen LogP contribution in [0.2, 0.25) is 0 Å². The normalized spacial score (nSPS) is 16.3. The number of rotatable bonds is 8. The molecule has 0 aliphatic rings. The molecule has 0 fully saturated rings. The molecular formula is C8H20NO4PS. The average Bonchev–Trinajstić information content (AvgIpc) is 2.16. The molecule has 0 aliphatic carbocycles. The van der Waals surface area contributed by atoms with Crippen molar-refractivity contribution in [1.82, 2.24) is 0 Å². The van der Waals surface area contributed by atoms with E-state index in [-0.39, 0.29) is 6.16 Å². The molecule has 7 heteroatoms. The van der Waals surface area contributed by atoms with Crippen LogP contribution in [0.1, 0.15) is 20.8 Å². The van der Waals surface area contributed by atoms with Crippen molar-refractivity contribution in [2.24, 2.45) is 5.73 Å². The minimum atomic E-state index is -3.16. The van der Waals surface area contributed by atoms with Gasteiger partial charge in [0.1, 0.15) is 0 Å². The zero-order valence-electron chi connectivity index (χ0n) is 9.47. The van der Waals surface area contributed by atoms with Gasteiger partial charge in [-0.05, 0) is 13.8 Å². The first-order chi connectivity index (χ1) is 6.99. The summed E-state index contributed by atoms with van der Waals surface area (Å²) in [5.41, 5.74) is 5.64. The third-order valence-electron chi connectivity index (χ3n) is 1.68. The van der Waals surface area contributed by atoms with Crippen molar-refractivity contribution in [3.63, 3.8) is 0 Å². The van der Waals surface area contributed by atoms with Crippen molar-refractivity contribution in [3.8, 4) is 0 Å². The van der Waals surface area contributed by atoms with Gasteiger partial charge >= 0.3 is 7.60 Å². The maximum Gasteiger partial charge on any atom is 0.333 e. The van der Waals surface area contributed by atoms with Gasteiger partial charge in [0, 0.05) is 16.6 Å². The van der Waals surface area contributed by atoms with Gasteiger partial charge in [0.2, 0.25) is 0 Å². The highest BCUT2D eigenvalue weighted by molar-refractivity contribution is 7.86. The summed E-state index contributed by atoms with van der Waals surface area (Å²) in [5.74, 6) is 0.444. The van der Waals surface area contributed by atoms with Gasteiger partial charge in [-0.2, -0.15) is 0 Å². The highest BCUT2D eigenvalue weighted by Gasteiger charge is 2.28. The van der Waals surface area contributed by atoms with Gasteiger partial charge in [-0.3, -0.25) is 8.77 Å². The Hall–Kier alpha value is 0.260. The van der Waals surface area contributed by atoms with Gasteiger partial charge in [0.05, 0.1) is 24.7 Å². The Labute approximate surface area is 93.7 Å². The fraction of sp³-hybridized carbons (Fsp3) is 1.00. The first-order valence-electron chi connectivity index (χ1n) is 5.00. The fourth-order valence-electron chi connectivity index (χ4n) is 1.05. The van der Waals surface area contributed by atoms with Crippen molar-refractivity contribution in [1.29, 1.82) is 0 Å². The van der Waals surface area contributed by atoms with Crippen molar-refractivity contribution >= 4 is 18.4 Å². The molecule has 0 saturated carbocycles. The van der Waals surface area contributed by atoms with E-state index >= 15 is 0 Å². The third kappa shape index (κ3) is 5.78. The minimum absolute atomic E-state index is 0.00906. The Morgan fingerprint density at radius 2 is 1.73 bits per heavy atom. The lowest BCUT2D eigenvalue weighted by atomic mass is 10.8. The molecule has 2 atom stereocenters. The lowest BCUT2D eigenvalue weighted by Gasteiger charge is -2.19. The van der Waals surface area contributed by atoms with Crippen LogP contribution in [0.25, 0.3) is 0 Å². The van der Waals surface area contributed by atoms with Gasteiger partial charge in [0.15, 0.2) is 0 Å². The van der Waals surface area contributed by atoms with E-state index in [9.17, 15) is 8.77 Å². The first kappa shape index (κ1) is 15.3. The van der Waals surface area contributed by atoms with Crippen LogP contribution in [0.4, 0.5) is 0 Å². The molecule has 0 saturated heterocycles. The number of hydrogen-bond donors (Lipinski definition) is 1. The van der Waals surface area contributed by atoms with E-state index < -0.39 is 23.8 Å². The lowest BCUT2D eigenvalue weighted by Crippen LogP contribution is -2.31. The van der Waals surface area contributed by atoms with Crippen LogP contribution in [0.3, 0.4) is 0 Å². The maximum absolute atomic E-state index is 12.0. The second kappa shape index (κ2) is 7.52. The molecule has 0 aromatic heterocycles. The molecule has 0 unspecified atom stereocenters. The third-order valence-corrected chi connectivity index (χ3v) is 5.48. The minimum Gasteiger partial charge on any atom is -0.317 e. The smallest absolute Gasteiger partial charge is 0.317 e. The molecule has 0 aromatic carbocycles. The van der Waals surface area contributed by atoms with Gasteiger partial charge in [-0.25, -0.2) is 0 Å². The number of nitrogens with two attached hydrogens (primary N) is 1. The van der Waals surface area contributed by atoms with Crippen molar-refractivity contribution in [2.45, 2.75) is 26.1 Å². The number of hydrogen-bond acceptors (Lipinski definition) is 5. The van der Waals surface area contributed by atoms with E-state index in [1.165, 1.54) is 0 Å². The highest BCUT2D eigenvalue weighted by Crippen LogP contribution is 2.48. The predicted octanol–water partition coefficient (Wildman–Crippen LogP) is 1.31. The van der Waals surface area contributed by atoms with Crippen LogP contribution >= 0.6 is 7.60 Å². The monoisotopic (exact) mass is 257 g/mol. The molecule has 5 nitrogen and oxygen atoms in total. The SMILES string of the molecule is CCOP(=O)(C[C@@H](N)[S@@](=O)CC)OCC. The van der Waals surface area contributed by atoms with Gasteiger partial charge in [0.25, 0.3) is 0 Å².